The predicted molar refractivity (Wildman–Crippen MR) is 90.9 cm³/mol. The molecule has 4 aliphatic carbocycles. The van der Waals surface area contributed by atoms with E-state index in [9.17, 15) is 4.79 Å². The van der Waals surface area contributed by atoms with E-state index >= 15 is 0 Å². The molecule has 3 spiro atoms. The predicted octanol–water partition coefficient (Wildman–Crippen LogP) is 3.47. The van der Waals surface area contributed by atoms with Crippen molar-refractivity contribution in [2.45, 2.75) is 82.5 Å². The first kappa shape index (κ1) is 15.4. The highest BCUT2D eigenvalue weighted by atomic mass is 16.6. The van der Waals surface area contributed by atoms with E-state index in [1.165, 1.54) is 32.1 Å². The molecule has 6 aliphatic rings. The first-order valence-electron chi connectivity index (χ1n) is 10.3. The van der Waals surface area contributed by atoms with Crippen LogP contribution in [0.5, 0.6) is 0 Å². The van der Waals surface area contributed by atoms with Gasteiger partial charge in [0.2, 0.25) is 0 Å². The second kappa shape index (κ2) is 4.11. The van der Waals surface area contributed by atoms with E-state index in [2.05, 4.69) is 13.8 Å². The fraction of sp³-hybridized carbons (Fsp3) is 0.952. The van der Waals surface area contributed by atoms with Crippen molar-refractivity contribution >= 4 is 5.97 Å². The summed E-state index contributed by atoms with van der Waals surface area (Å²) in [4.78, 5) is 12.8. The first-order chi connectivity index (χ1) is 11.9. The van der Waals surface area contributed by atoms with Crippen LogP contribution in [0.25, 0.3) is 0 Å². The average Bonchev–Trinajstić information content (AvgIpc) is 3.46. The summed E-state index contributed by atoms with van der Waals surface area (Å²) in [6, 6.07) is 0. The van der Waals surface area contributed by atoms with Gasteiger partial charge in [-0.05, 0) is 63.7 Å². The minimum Gasteiger partial charge on any atom is -0.469 e. The first-order valence-corrected chi connectivity index (χ1v) is 10.3. The Bertz CT molecular complexity index is 671. The van der Waals surface area contributed by atoms with E-state index in [0.717, 1.165) is 25.9 Å². The minimum atomic E-state index is -0.349. The second-order valence-electron chi connectivity index (χ2n) is 10.6. The van der Waals surface area contributed by atoms with Crippen LogP contribution in [0.1, 0.15) is 65.2 Å². The van der Waals surface area contributed by atoms with Crippen molar-refractivity contribution in [1.82, 2.24) is 0 Å². The largest absolute Gasteiger partial charge is 0.469 e. The highest BCUT2D eigenvalue weighted by molar-refractivity contribution is 5.77. The molecule has 6 fully saturated rings. The smallest absolute Gasteiger partial charge is 0.311 e. The SMILES string of the molecule is COC(=O)[C@]1(C)CCC[C@]2(C)C1CC[C@@]13C[C@@H](C[C@H]4O[C@]412)[C@@]1(CO1)C3. The molecule has 0 radical (unpaired) electrons. The van der Waals surface area contributed by atoms with Gasteiger partial charge in [0, 0.05) is 10.8 Å². The molecule has 0 aromatic rings. The van der Waals surface area contributed by atoms with Crippen LogP contribution in [0.4, 0.5) is 0 Å². The van der Waals surface area contributed by atoms with Crippen LogP contribution in [-0.2, 0) is 19.0 Å². The fourth-order valence-corrected chi connectivity index (χ4v) is 8.93. The highest BCUT2D eigenvalue weighted by Gasteiger charge is 2.87. The number of hydrogen-bond acceptors (Lipinski definition) is 4. The zero-order valence-electron chi connectivity index (χ0n) is 15.7. The third-order valence-electron chi connectivity index (χ3n) is 9.89. The monoisotopic (exact) mass is 346 g/mol. The molecule has 2 saturated heterocycles. The van der Waals surface area contributed by atoms with Gasteiger partial charge in [-0.3, -0.25) is 4.79 Å². The van der Waals surface area contributed by atoms with Crippen molar-refractivity contribution in [3.05, 3.63) is 0 Å². The summed E-state index contributed by atoms with van der Waals surface area (Å²) in [5, 5.41) is 0. The molecule has 138 valence electrons. The second-order valence-corrected chi connectivity index (χ2v) is 10.6. The number of carbonyl (C=O) groups is 1. The Morgan fingerprint density at radius 3 is 2.72 bits per heavy atom. The summed E-state index contributed by atoms with van der Waals surface area (Å²) in [6.07, 6.45) is 9.70. The van der Waals surface area contributed by atoms with Crippen LogP contribution in [0.15, 0.2) is 0 Å². The van der Waals surface area contributed by atoms with Gasteiger partial charge in [0.05, 0.1) is 30.8 Å². The highest BCUT2D eigenvalue weighted by Crippen LogP contribution is 2.82. The summed E-state index contributed by atoms with van der Waals surface area (Å²) in [7, 11) is 1.55. The summed E-state index contributed by atoms with van der Waals surface area (Å²) < 4.78 is 18.0. The van der Waals surface area contributed by atoms with E-state index in [4.69, 9.17) is 14.2 Å². The molecule has 8 atom stereocenters. The molecule has 2 bridgehead atoms. The summed E-state index contributed by atoms with van der Waals surface area (Å²) in [5.41, 5.74) is 0.259. The molecule has 6 rings (SSSR count). The summed E-state index contributed by atoms with van der Waals surface area (Å²) in [6.45, 7) is 5.60. The Morgan fingerprint density at radius 1 is 1.20 bits per heavy atom. The summed E-state index contributed by atoms with van der Waals surface area (Å²) in [5.74, 6) is 1.09. The van der Waals surface area contributed by atoms with Gasteiger partial charge in [-0.25, -0.2) is 0 Å². The molecular formula is C21H30O4. The van der Waals surface area contributed by atoms with E-state index in [1.807, 2.05) is 0 Å². The van der Waals surface area contributed by atoms with Gasteiger partial charge in [0.25, 0.3) is 0 Å². The lowest BCUT2D eigenvalue weighted by Crippen LogP contribution is -2.64. The Labute approximate surface area is 150 Å². The molecule has 4 nitrogen and oxygen atoms in total. The molecule has 2 heterocycles. The van der Waals surface area contributed by atoms with Crippen LogP contribution in [-0.4, -0.2) is 37.0 Å². The van der Waals surface area contributed by atoms with Gasteiger partial charge in [0.15, 0.2) is 0 Å². The number of epoxide rings is 2. The van der Waals surface area contributed by atoms with E-state index in [-0.39, 0.29) is 28.0 Å². The van der Waals surface area contributed by atoms with Crippen LogP contribution in [0.3, 0.4) is 0 Å². The summed E-state index contributed by atoms with van der Waals surface area (Å²) >= 11 is 0. The maximum absolute atomic E-state index is 12.8. The fourth-order valence-electron chi connectivity index (χ4n) is 8.93. The van der Waals surface area contributed by atoms with Gasteiger partial charge in [-0.15, -0.1) is 0 Å². The van der Waals surface area contributed by atoms with Crippen LogP contribution < -0.4 is 0 Å². The normalized spacial score (nSPS) is 63.4. The minimum absolute atomic E-state index is 0.00453. The molecule has 0 N–H and O–H groups in total. The topological polar surface area (TPSA) is 51.4 Å². The maximum atomic E-state index is 12.8. The van der Waals surface area contributed by atoms with E-state index in [0.29, 0.717) is 23.4 Å². The number of hydrogen-bond donors (Lipinski definition) is 0. The number of carbonyl (C=O) groups excluding carboxylic acids is 1. The van der Waals surface area contributed by atoms with Crippen molar-refractivity contribution in [2.24, 2.45) is 28.1 Å². The van der Waals surface area contributed by atoms with Crippen molar-refractivity contribution < 1.29 is 19.0 Å². The number of methoxy groups -OCH3 is 1. The number of esters is 1. The molecule has 0 aromatic heterocycles. The molecule has 0 aromatic carbocycles. The molecule has 0 amide bonds. The van der Waals surface area contributed by atoms with Gasteiger partial charge >= 0.3 is 5.97 Å². The number of rotatable bonds is 1. The molecule has 2 aliphatic heterocycles. The Hall–Kier alpha value is -0.610. The van der Waals surface area contributed by atoms with Gasteiger partial charge in [-0.2, -0.15) is 0 Å². The number of fused-ring (bicyclic) bond motifs is 3. The van der Waals surface area contributed by atoms with Crippen molar-refractivity contribution in [3.8, 4) is 0 Å². The van der Waals surface area contributed by atoms with Crippen LogP contribution >= 0.6 is 0 Å². The molecule has 1 unspecified atom stereocenters. The Morgan fingerprint density at radius 2 is 2.00 bits per heavy atom. The van der Waals surface area contributed by atoms with Gasteiger partial charge in [-0.1, -0.05) is 13.3 Å². The number of ether oxygens (including phenoxy) is 3. The molecular weight excluding hydrogens is 316 g/mol. The van der Waals surface area contributed by atoms with Crippen LogP contribution in [0, 0.1) is 28.1 Å². The van der Waals surface area contributed by atoms with Crippen LogP contribution in [0.2, 0.25) is 0 Å². The lowest BCUT2D eigenvalue weighted by Gasteiger charge is -2.62. The zero-order chi connectivity index (χ0) is 17.3. The molecule has 4 saturated carbocycles. The van der Waals surface area contributed by atoms with Crippen molar-refractivity contribution in [2.75, 3.05) is 13.7 Å². The van der Waals surface area contributed by atoms with E-state index < -0.39 is 0 Å². The third kappa shape index (κ3) is 1.43. The Balaban J connectivity index is 1.46. The Kier molecular flexibility index (Phi) is 2.54. The average molecular weight is 346 g/mol. The van der Waals surface area contributed by atoms with Crippen molar-refractivity contribution in [1.29, 1.82) is 0 Å². The zero-order valence-corrected chi connectivity index (χ0v) is 15.7. The lowest BCUT2D eigenvalue weighted by molar-refractivity contribution is -0.185. The quantitative estimate of drug-likeness (QED) is 0.539. The standard InChI is InChI=1S/C21H30O4/c1-17(16(22)23-3)6-4-7-18(2)14(17)5-8-19-10-13(20(11-19)12-24-20)9-15-21(18,19)25-15/h13-15H,4-12H2,1-3H3/t13-,14?,15-,17-,18-,19+,20+,21+/m1/s1. The lowest BCUT2D eigenvalue weighted by atomic mass is 9.40. The van der Waals surface area contributed by atoms with E-state index in [1.54, 1.807) is 7.11 Å². The van der Waals surface area contributed by atoms with Crippen molar-refractivity contribution in [3.63, 3.8) is 0 Å². The van der Waals surface area contributed by atoms with Gasteiger partial charge < -0.3 is 14.2 Å². The molecule has 25 heavy (non-hydrogen) atoms. The maximum Gasteiger partial charge on any atom is 0.311 e. The molecule has 4 heteroatoms. The third-order valence-corrected chi connectivity index (χ3v) is 9.89. The van der Waals surface area contributed by atoms with Gasteiger partial charge in [0.1, 0.15) is 5.60 Å².